The van der Waals surface area contributed by atoms with Crippen molar-refractivity contribution >= 4 is 11.6 Å². The van der Waals surface area contributed by atoms with Gasteiger partial charge in [0.05, 0.1) is 5.02 Å². The van der Waals surface area contributed by atoms with Crippen LogP contribution in [0.25, 0.3) is 0 Å². The Morgan fingerprint density at radius 3 is 2.36 bits per heavy atom. The second-order valence-corrected chi connectivity index (χ2v) is 4.96. The molecule has 1 rings (SSSR count). The van der Waals surface area contributed by atoms with Gasteiger partial charge in [0.1, 0.15) is 5.75 Å². The third-order valence-electron chi connectivity index (χ3n) is 2.26. The number of hydrogen-bond acceptors (Lipinski definition) is 2. The minimum absolute atomic E-state index is 0.0136. The van der Waals surface area contributed by atoms with Crippen LogP contribution >= 0.6 is 11.6 Å². The van der Waals surface area contributed by atoms with Gasteiger partial charge >= 0.3 is 0 Å². The molecule has 0 bridgehead atoms. The van der Waals surface area contributed by atoms with Crippen molar-refractivity contribution in [3.8, 4) is 5.75 Å². The fraction of sp³-hybridized carbons (Fsp3) is 0.455. The maximum atomic E-state index is 9.26. The van der Waals surface area contributed by atoms with Crippen LogP contribution in [0.3, 0.4) is 0 Å². The first kappa shape index (κ1) is 11.3. The van der Waals surface area contributed by atoms with Crippen LogP contribution in [0, 0.1) is 5.41 Å². The number of benzene rings is 1. The van der Waals surface area contributed by atoms with Crippen LogP contribution in [-0.4, -0.2) is 5.11 Å². The van der Waals surface area contributed by atoms with Gasteiger partial charge < -0.3 is 10.8 Å². The Morgan fingerprint density at radius 1 is 1.36 bits per heavy atom. The number of rotatable bonds is 1. The maximum Gasteiger partial charge on any atom is 0.134 e. The summed E-state index contributed by atoms with van der Waals surface area (Å²) in [5, 5.41) is 9.60. The molecule has 78 valence electrons. The van der Waals surface area contributed by atoms with Crippen LogP contribution in [0.5, 0.6) is 5.75 Å². The van der Waals surface area contributed by atoms with E-state index in [9.17, 15) is 5.11 Å². The lowest BCUT2D eigenvalue weighted by Crippen LogP contribution is -2.26. The number of hydrogen-bond donors (Lipinski definition) is 2. The molecule has 2 nitrogen and oxygen atoms in total. The summed E-state index contributed by atoms with van der Waals surface area (Å²) in [6.07, 6.45) is 0. The van der Waals surface area contributed by atoms with Crippen LogP contribution in [0.15, 0.2) is 18.2 Å². The molecule has 0 fully saturated rings. The van der Waals surface area contributed by atoms with E-state index in [-0.39, 0.29) is 17.2 Å². The Balaban J connectivity index is 3.03. The van der Waals surface area contributed by atoms with Crippen LogP contribution in [0.1, 0.15) is 32.4 Å². The largest absolute Gasteiger partial charge is 0.506 e. The van der Waals surface area contributed by atoms with Crippen molar-refractivity contribution in [2.24, 2.45) is 11.1 Å². The van der Waals surface area contributed by atoms with Gasteiger partial charge in [-0.3, -0.25) is 0 Å². The fourth-order valence-electron chi connectivity index (χ4n) is 1.22. The smallest absolute Gasteiger partial charge is 0.134 e. The third kappa shape index (κ3) is 2.40. The van der Waals surface area contributed by atoms with Crippen LogP contribution in [0.4, 0.5) is 0 Å². The van der Waals surface area contributed by atoms with Gasteiger partial charge in [0, 0.05) is 6.04 Å². The van der Waals surface area contributed by atoms with Crippen molar-refractivity contribution < 1.29 is 5.11 Å². The summed E-state index contributed by atoms with van der Waals surface area (Å²) in [5.41, 5.74) is 6.98. The molecule has 0 aliphatic rings. The van der Waals surface area contributed by atoms with Gasteiger partial charge in [-0.2, -0.15) is 0 Å². The third-order valence-corrected chi connectivity index (χ3v) is 2.57. The Labute approximate surface area is 89.7 Å². The zero-order chi connectivity index (χ0) is 10.9. The summed E-state index contributed by atoms with van der Waals surface area (Å²) < 4.78 is 0. The highest BCUT2D eigenvalue weighted by atomic mass is 35.5. The van der Waals surface area contributed by atoms with E-state index < -0.39 is 0 Å². The molecule has 14 heavy (non-hydrogen) atoms. The predicted octanol–water partition coefficient (Wildman–Crippen LogP) is 3.09. The van der Waals surface area contributed by atoms with Crippen molar-refractivity contribution in [1.29, 1.82) is 0 Å². The summed E-state index contributed by atoms with van der Waals surface area (Å²) in [6.45, 7) is 6.20. The van der Waals surface area contributed by atoms with E-state index in [0.717, 1.165) is 5.56 Å². The normalized spacial score (nSPS) is 14.1. The van der Waals surface area contributed by atoms with E-state index in [4.69, 9.17) is 17.3 Å². The Kier molecular flexibility index (Phi) is 3.07. The molecule has 0 heterocycles. The highest BCUT2D eigenvalue weighted by Crippen LogP contribution is 2.33. The Morgan fingerprint density at radius 2 is 1.93 bits per heavy atom. The van der Waals surface area contributed by atoms with Gasteiger partial charge in [-0.15, -0.1) is 0 Å². The van der Waals surface area contributed by atoms with E-state index in [1.807, 2.05) is 0 Å². The minimum Gasteiger partial charge on any atom is -0.506 e. The average molecular weight is 214 g/mol. The summed E-state index contributed by atoms with van der Waals surface area (Å²) in [5.74, 6) is 0.0940. The lowest BCUT2D eigenvalue weighted by Gasteiger charge is -2.27. The van der Waals surface area contributed by atoms with Gasteiger partial charge in [-0.25, -0.2) is 0 Å². The molecule has 1 atom stereocenters. The zero-order valence-electron chi connectivity index (χ0n) is 8.71. The second kappa shape index (κ2) is 3.79. The van der Waals surface area contributed by atoms with E-state index in [2.05, 4.69) is 20.8 Å². The van der Waals surface area contributed by atoms with Gasteiger partial charge in [0.25, 0.3) is 0 Å². The van der Waals surface area contributed by atoms with Gasteiger partial charge in [-0.1, -0.05) is 38.4 Å². The van der Waals surface area contributed by atoms with Gasteiger partial charge in [0.2, 0.25) is 0 Å². The molecule has 0 saturated heterocycles. The molecule has 0 radical (unpaired) electrons. The summed E-state index contributed by atoms with van der Waals surface area (Å²) >= 11 is 5.80. The topological polar surface area (TPSA) is 46.2 Å². The monoisotopic (exact) mass is 213 g/mol. The molecular formula is C11H16ClNO. The number of aromatic hydroxyl groups is 1. The number of phenols is 1. The van der Waals surface area contributed by atoms with Crippen molar-refractivity contribution in [2.75, 3.05) is 0 Å². The quantitative estimate of drug-likeness (QED) is 0.753. The SMILES string of the molecule is CC(C)(C)[C@H](N)c1ccc(O)c(Cl)c1. The van der Waals surface area contributed by atoms with Crippen LogP contribution < -0.4 is 5.73 Å². The van der Waals surface area contributed by atoms with E-state index in [1.54, 1.807) is 18.2 Å². The maximum absolute atomic E-state index is 9.26. The van der Waals surface area contributed by atoms with E-state index in [0.29, 0.717) is 5.02 Å². The van der Waals surface area contributed by atoms with E-state index in [1.165, 1.54) is 0 Å². The average Bonchev–Trinajstić information content (AvgIpc) is 2.07. The molecule has 0 aliphatic heterocycles. The summed E-state index contributed by atoms with van der Waals surface area (Å²) in [4.78, 5) is 0. The minimum atomic E-state index is -0.0828. The van der Waals surface area contributed by atoms with Crippen LogP contribution in [0.2, 0.25) is 5.02 Å². The molecular weight excluding hydrogens is 198 g/mol. The standard InChI is InChI=1S/C11H16ClNO/c1-11(2,3)10(13)7-4-5-9(14)8(12)6-7/h4-6,10,14H,13H2,1-3H3/t10-/m1/s1. The summed E-state index contributed by atoms with van der Waals surface area (Å²) in [6, 6.07) is 5.01. The molecule has 0 spiro atoms. The first-order valence-electron chi connectivity index (χ1n) is 4.56. The number of halogens is 1. The van der Waals surface area contributed by atoms with Crippen molar-refractivity contribution in [3.63, 3.8) is 0 Å². The second-order valence-electron chi connectivity index (χ2n) is 4.55. The highest BCUT2D eigenvalue weighted by Gasteiger charge is 2.22. The molecule has 0 saturated carbocycles. The zero-order valence-corrected chi connectivity index (χ0v) is 9.47. The molecule has 0 unspecified atom stereocenters. The predicted molar refractivity (Wildman–Crippen MR) is 59.5 cm³/mol. The molecule has 3 N–H and O–H groups in total. The number of phenolic OH excluding ortho intramolecular Hbond substituents is 1. The molecule has 0 aliphatic carbocycles. The Hall–Kier alpha value is -0.730. The lowest BCUT2D eigenvalue weighted by atomic mass is 9.83. The van der Waals surface area contributed by atoms with Gasteiger partial charge in [0.15, 0.2) is 0 Å². The van der Waals surface area contributed by atoms with Gasteiger partial charge in [-0.05, 0) is 23.1 Å². The molecule has 1 aromatic carbocycles. The van der Waals surface area contributed by atoms with Crippen LogP contribution in [-0.2, 0) is 0 Å². The van der Waals surface area contributed by atoms with Crippen molar-refractivity contribution in [2.45, 2.75) is 26.8 Å². The lowest BCUT2D eigenvalue weighted by molar-refractivity contribution is 0.326. The molecule has 0 amide bonds. The fourth-order valence-corrected chi connectivity index (χ4v) is 1.41. The highest BCUT2D eigenvalue weighted by molar-refractivity contribution is 6.32. The first-order valence-corrected chi connectivity index (χ1v) is 4.94. The molecule has 0 aromatic heterocycles. The molecule has 3 heteroatoms. The van der Waals surface area contributed by atoms with Crippen molar-refractivity contribution in [1.82, 2.24) is 0 Å². The number of nitrogens with two attached hydrogens (primary N) is 1. The summed E-state index contributed by atoms with van der Waals surface area (Å²) in [7, 11) is 0. The first-order chi connectivity index (χ1) is 6.32. The Bertz CT molecular complexity index is 331. The van der Waals surface area contributed by atoms with E-state index >= 15 is 0 Å². The molecule has 1 aromatic rings. The van der Waals surface area contributed by atoms with Crippen molar-refractivity contribution in [3.05, 3.63) is 28.8 Å².